The van der Waals surface area contributed by atoms with Crippen LogP contribution in [0.15, 0.2) is 35.2 Å². The van der Waals surface area contributed by atoms with E-state index in [9.17, 15) is 8.42 Å². The highest BCUT2D eigenvalue weighted by molar-refractivity contribution is 7.89. The van der Waals surface area contributed by atoms with Crippen LogP contribution in [0, 0.1) is 11.8 Å². The normalized spacial score (nSPS) is 29.7. The molecule has 0 aliphatic carbocycles. The average Bonchev–Trinajstić information content (AvgIpc) is 2.90. The van der Waals surface area contributed by atoms with Crippen LogP contribution in [0.25, 0.3) is 0 Å². The van der Waals surface area contributed by atoms with E-state index in [2.05, 4.69) is 4.90 Å². The van der Waals surface area contributed by atoms with Gasteiger partial charge in [0.25, 0.3) is 0 Å². The van der Waals surface area contributed by atoms with E-state index in [-0.39, 0.29) is 6.10 Å². The van der Waals surface area contributed by atoms with Crippen molar-refractivity contribution in [2.75, 3.05) is 40.3 Å². The maximum atomic E-state index is 12.8. The Morgan fingerprint density at radius 3 is 2.68 bits per heavy atom. The molecule has 0 saturated carbocycles. The molecular formula is C16H24N2O3S. The second-order valence-corrected chi connectivity index (χ2v) is 8.46. The molecule has 3 rings (SSSR count). The van der Waals surface area contributed by atoms with Crippen LogP contribution < -0.4 is 0 Å². The Balaban J connectivity index is 1.77. The van der Waals surface area contributed by atoms with E-state index < -0.39 is 10.0 Å². The Morgan fingerprint density at radius 2 is 2.00 bits per heavy atom. The Bertz CT molecular complexity index is 603. The minimum Gasteiger partial charge on any atom is -0.376 e. The molecule has 122 valence electrons. The standard InChI is InChI=1S/C16H24N2O3S/c1-17(2)11-16-15-10-18(9-8-13(15)12-21-16)22(19,20)14-6-4-3-5-7-14/h3-7,13,15-16H,8-12H2,1-2H3/t13-,15-,16+/m0/s1. The SMILES string of the molecule is CN(C)C[C@H]1OC[C@@H]2CCN(S(=O)(=O)c3ccccc3)C[C@@H]21. The zero-order chi connectivity index (χ0) is 15.7. The molecule has 2 aliphatic heterocycles. The van der Waals surface area contributed by atoms with E-state index in [0.29, 0.717) is 29.8 Å². The van der Waals surface area contributed by atoms with Crippen LogP contribution in [-0.2, 0) is 14.8 Å². The molecular weight excluding hydrogens is 300 g/mol. The summed E-state index contributed by atoms with van der Waals surface area (Å²) in [6.45, 7) is 2.78. The van der Waals surface area contributed by atoms with E-state index in [4.69, 9.17) is 4.74 Å². The largest absolute Gasteiger partial charge is 0.376 e. The first-order valence-electron chi connectivity index (χ1n) is 7.80. The molecule has 2 aliphatic rings. The predicted molar refractivity (Wildman–Crippen MR) is 85.1 cm³/mol. The highest BCUT2D eigenvalue weighted by Crippen LogP contribution is 2.36. The molecule has 2 fully saturated rings. The zero-order valence-electron chi connectivity index (χ0n) is 13.2. The molecule has 0 aromatic heterocycles. The van der Waals surface area contributed by atoms with Gasteiger partial charge in [0.1, 0.15) is 0 Å². The van der Waals surface area contributed by atoms with Gasteiger partial charge in [-0.05, 0) is 38.6 Å². The number of benzene rings is 1. The average molecular weight is 324 g/mol. The van der Waals surface area contributed by atoms with Gasteiger partial charge in [-0.25, -0.2) is 8.42 Å². The van der Waals surface area contributed by atoms with Crippen molar-refractivity contribution in [3.8, 4) is 0 Å². The maximum Gasteiger partial charge on any atom is 0.243 e. The number of nitrogens with zero attached hydrogens (tertiary/aromatic N) is 2. The molecule has 0 bridgehead atoms. The minimum absolute atomic E-state index is 0.133. The lowest BCUT2D eigenvalue weighted by Crippen LogP contribution is -2.46. The number of piperidine rings is 1. The lowest BCUT2D eigenvalue weighted by Gasteiger charge is -2.35. The van der Waals surface area contributed by atoms with Gasteiger partial charge in [-0.3, -0.25) is 0 Å². The molecule has 5 nitrogen and oxygen atoms in total. The molecule has 1 aromatic carbocycles. The summed E-state index contributed by atoms with van der Waals surface area (Å²) in [5, 5.41) is 0. The second-order valence-electron chi connectivity index (χ2n) is 6.52. The van der Waals surface area contributed by atoms with Crippen molar-refractivity contribution in [1.82, 2.24) is 9.21 Å². The number of likely N-dealkylation sites (N-methyl/N-ethyl adjacent to an activating group) is 1. The summed E-state index contributed by atoms with van der Waals surface area (Å²) in [6, 6.07) is 8.72. The van der Waals surface area contributed by atoms with E-state index in [0.717, 1.165) is 19.6 Å². The predicted octanol–water partition coefficient (Wildman–Crippen LogP) is 1.27. The van der Waals surface area contributed by atoms with E-state index in [1.54, 1.807) is 28.6 Å². The first kappa shape index (κ1) is 15.9. The van der Waals surface area contributed by atoms with Crippen LogP contribution in [0.5, 0.6) is 0 Å². The van der Waals surface area contributed by atoms with Crippen LogP contribution in [0.3, 0.4) is 0 Å². The van der Waals surface area contributed by atoms with Crippen LogP contribution in [0.1, 0.15) is 6.42 Å². The summed E-state index contributed by atoms with van der Waals surface area (Å²) < 4.78 is 33.1. The van der Waals surface area contributed by atoms with Gasteiger partial charge in [-0.1, -0.05) is 18.2 Å². The van der Waals surface area contributed by atoms with Crippen molar-refractivity contribution in [3.63, 3.8) is 0 Å². The van der Waals surface area contributed by atoms with Crippen LogP contribution in [0.4, 0.5) is 0 Å². The van der Waals surface area contributed by atoms with Gasteiger partial charge in [-0.15, -0.1) is 0 Å². The van der Waals surface area contributed by atoms with Crippen molar-refractivity contribution in [2.45, 2.75) is 17.4 Å². The van der Waals surface area contributed by atoms with E-state index >= 15 is 0 Å². The summed E-state index contributed by atoms with van der Waals surface area (Å²) in [4.78, 5) is 2.49. The third-order valence-electron chi connectivity index (χ3n) is 4.70. The summed E-state index contributed by atoms with van der Waals surface area (Å²) in [5.74, 6) is 0.793. The van der Waals surface area contributed by atoms with Crippen LogP contribution in [0.2, 0.25) is 0 Å². The number of rotatable bonds is 4. The molecule has 0 radical (unpaired) electrons. The zero-order valence-corrected chi connectivity index (χ0v) is 14.0. The minimum atomic E-state index is -3.39. The van der Waals surface area contributed by atoms with Crippen molar-refractivity contribution in [2.24, 2.45) is 11.8 Å². The van der Waals surface area contributed by atoms with E-state index in [1.807, 2.05) is 20.2 Å². The van der Waals surface area contributed by atoms with Gasteiger partial charge in [0.05, 0.1) is 17.6 Å². The van der Waals surface area contributed by atoms with Crippen molar-refractivity contribution >= 4 is 10.0 Å². The smallest absolute Gasteiger partial charge is 0.243 e. The Morgan fingerprint density at radius 1 is 1.27 bits per heavy atom. The van der Waals surface area contributed by atoms with Crippen molar-refractivity contribution in [1.29, 1.82) is 0 Å². The number of sulfonamides is 1. The number of hydrogen-bond acceptors (Lipinski definition) is 4. The summed E-state index contributed by atoms with van der Waals surface area (Å²) in [5.41, 5.74) is 0. The topological polar surface area (TPSA) is 49.9 Å². The monoisotopic (exact) mass is 324 g/mol. The Labute approximate surface area is 132 Å². The molecule has 6 heteroatoms. The molecule has 2 heterocycles. The molecule has 1 aromatic rings. The summed E-state index contributed by atoms with van der Waals surface area (Å²) in [7, 11) is 0.663. The van der Waals surface area contributed by atoms with Crippen LogP contribution in [-0.4, -0.2) is 64.1 Å². The molecule has 22 heavy (non-hydrogen) atoms. The molecule has 2 saturated heterocycles. The quantitative estimate of drug-likeness (QED) is 0.837. The fraction of sp³-hybridized carbons (Fsp3) is 0.625. The van der Waals surface area contributed by atoms with Gasteiger partial charge in [0, 0.05) is 25.6 Å². The highest BCUT2D eigenvalue weighted by atomic mass is 32.2. The fourth-order valence-corrected chi connectivity index (χ4v) is 5.02. The lowest BCUT2D eigenvalue weighted by molar-refractivity contribution is 0.0638. The lowest BCUT2D eigenvalue weighted by atomic mass is 9.85. The van der Waals surface area contributed by atoms with Crippen molar-refractivity contribution < 1.29 is 13.2 Å². The third kappa shape index (κ3) is 3.06. The summed E-state index contributed by atoms with van der Waals surface area (Å²) >= 11 is 0. The number of fused-ring (bicyclic) bond motifs is 1. The fourth-order valence-electron chi connectivity index (χ4n) is 3.51. The Hall–Kier alpha value is -0.950. The molecule has 0 amide bonds. The number of ether oxygens (including phenoxy) is 1. The van der Waals surface area contributed by atoms with E-state index in [1.165, 1.54) is 0 Å². The second kappa shape index (κ2) is 6.28. The molecule has 0 N–H and O–H groups in total. The first-order valence-corrected chi connectivity index (χ1v) is 9.24. The molecule has 0 unspecified atom stereocenters. The first-order chi connectivity index (χ1) is 10.5. The van der Waals surface area contributed by atoms with Gasteiger partial charge in [0.15, 0.2) is 0 Å². The Kier molecular flexibility index (Phi) is 4.54. The van der Waals surface area contributed by atoms with Gasteiger partial charge in [-0.2, -0.15) is 4.31 Å². The summed E-state index contributed by atoms with van der Waals surface area (Å²) in [6.07, 6.45) is 1.02. The van der Waals surface area contributed by atoms with Gasteiger partial charge >= 0.3 is 0 Å². The maximum absolute atomic E-state index is 12.8. The molecule has 0 spiro atoms. The number of hydrogen-bond donors (Lipinski definition) is 0. The van der Waals surface area contributed by atoms with Gasteiger partial charge in [0.2, 0.25) is 10.0 Å². The highest BCUT2D eigenvalue weighted by Gasteiger charge is 2.43. The van der Waals surface area contributed by atoms with Crippen molar-refractivity contribution in [3.05, 3.63) is 30.3 Å². The third-order valence-corrected chi connectivity index (χ3v) is 6.58. The molecule has 3 atom stereocenters. The van der Waals surface area contributed by atoms with Gasteiger partial charge < -0.3 is 9.64 Å². The van der Waals surface area contributed by atoms with Crippen LogP contribution >= 0.6 is 0 Å².